The number of anilines is 1. The van der Waals surface area contributed by atoms with Gasteiger partial charge in [-0.1, -0.05) is 38.3 Å². The summed E-state index contributed by atoms with van der Waals surface area (Å²) in [5, 5.41) is 6.22. The summed E-state index contributed by atoms with van der Waals surface area (Å²) in [4.78, 5) is 14.7. The predicted molar refractivity (Wildman–Crippen MR) is 104 cm³/mol. The Hall–Kier alpha value is -1.71. The lowest BCUT2D eigenvalue weighted by molar-refractivity contribution is 0.229. The lowest BCUT2D eigenvalue weighted by Crippen LogP contribution is -2.43. The van der Waals surface area contributed by atoms with Gasteiger partial charge in [-0.2, -0.15) is 0 Å². The molecule has 0 bridgehead atoms. The zero-order valence-electron chi connectivity index (χ0n) is 15.8. The molecular weight excluding hydrogens is 310 g/mol. The van der Waals surface area contributed by atoms with E-state index in [0.29, 0.717) is 6.04 Å². The maximum absolute atomic E-state index is 12.2. The van der Waals surface area contributed by atoms with Crippen molar-refractivity contribution in [1.29, 1.82) is 0 Å². The fourth-order valence-electron chi connectivity index (χ4n) is 4.15. The first kappa shape index (κ1) is 18.1. The number of piperidine rings is 1. The second kappa shape index (κ2) is 8.59. The Morgan fingerprint density at radius 1 is 1.08 bits per heavy atom. The standard InChI is InChI=1S/C21H33N3O/c1-16-7-6-14-24(15-16)20-12-10-18(11-13-20)17(2)22-21(25)23-19-8-4-3-5-9-19/h10-13,16-17,19H,3-9,14-15H2,1-2H3,(H2,22,23,25)/t16-,17+/m0/s1. The maximum Gasteiger partial charge on any atom is 0.315 e. The SMILES string of the molecule is C[C@H]1CCCN(c2ccc([C@@H](C)NC(=O)NC3CCCCC3)cc2)C1. The van der Waals surface area contributed by atoms with Crippen molar-refractivity contribution in [3.63, 3.8) is 0 Å². The maximum atomic E-state index is 12.2. The van der Waals surface area contributed by atoms with Gasteiger partial charge in [0.1, 0.15) is 0 Å². The van der Waals surface area contributed by atoms with Gasteiger partial charge in [-0.3, -0.25) is 0 Å². The normalized spacial score (nSPS) is 23.1. The monoisotopic (exact) mass is 343 g/mol. The first-order chi connectivity index (χ1) is 12.1. The van der Waals surface area contributed by atoms with Crippen molar-refractivity contribution in [2.45, 2.75) is 70.9 Å². The van der Waals surface area contributed by atoms with E-state index in [0.717, 1.165) is 37.4 Å². The van der Waals surface area contributed by atoms with Crippen LogP contribution in [-0.2, 0) is 0 Å². The average molecular weight is 344 g/mol. The minimum Gasteiger partial charge on any atom is -0.371 e. The highest BCUT2D eigenvalue weighted by Gasteiger charge is 2.18. The molecule has 3 rings (SSSR count). The highest BCUT2D eigenvalue weighted by molar-refractivity contribution is 5.74. The van der Waals surface area contributed by atoms with E-state index in [1.165, 1.54) is 37.8 Å². The van der Waals surface area contributed by atoms with Gasteiger partial charge < -0.3 is 15.5 Å². The van der Waals surface area contributed by atoms with E-state index in [1.54, 1.807) is 0 Å². The smallest absolute Gasteiger partial charge is 0.315 e. The number of hydrogen-bond acceptors (Lipinski definition) is 2. The molecular formula is C21H33N3O. The summed E-state index contributed by atoms with van der Waals surface area (Å²) in [5.74, 6) is 0.775. The average Bonchev–Trinajstić information content (AvgIpc) is 2.62. The molecule has 1 aromatic carbocycles. The van der Waals surface area contributed by atoms with E-state index in [1.807, 2.05) is 0 Å². The Morgan fingerprint density at radius 2 is 1.80 bits per heavy atom. The van der Waals surface area contributed by atoms with Crippen molar-refractivity contribution < 1.29 is 4.79 Å². The molecule has 0 unspecified atom stereocenters. The number of hydrogen-bond donors (Lipinski definition) is 2. The molecule has 4 heteroatoms. The molecule has 1 aliphatic heterocycles. The molecule has 1 saturated carbocycles. The molecule has 2 atom stereocenters. The summed E-state index contributed by atoms with van der Waals surface area (Å²) in [7, 11) is 0. The van der Waals surface area contributed by atoms with Crippen molar-refractivity contribution in [2.75, 3.05) is 18.0 Å². The van der Waals surface area contributed by atoms with Gasteiger partial charge >= 0.3 is 6.03 Å². The Balaban J connectivity index is 1.51. The van der Waals surface area contributed by atoms with Gasteiger partial charge in [0.2, 0.25) is 0 Å². The van der Waals surface area contributed by atoms with Crippen molar-refractivity contribution in [3.8, 4) is 0 Å². The van der Waals surface area contributed by atoms with Crippen LogP contribution in [0.3, 0.4) is 0 Å². The van der Waals surface area contributed by atoms with Gasteiger partial charge in [0, 0.05) is 24.8 Å². The van der Waals surface area contributed by atoms with Crippen LogP contribution in [0.15, 0.2) is 24.3 Å². The number of nitrogens with one attached hydrogen (secondary N) is 2. The molecule has 1 saturated heterocycles. The van der Waals surface area contributed by atoms with Crippen LogP contribution in [0.1, 0.15) is 70.4 Å². The van der Waals surface area contributed by atoms with Gasteiger partial charge in [0.15, 0.2) is 0 Å². The van der Waals surface area contributed by atoms with Crippen LogP contribution in [0, 0.1) is 5.92 Å². The fourth-order valence-corrected chi connectivity index (χ4v) is 4.15. The van der Waals surface area contributed by atoms with Crippen LogP contribution < -0.4 is 15.5 Å². The summed E-state index contributed by atoms with van der Waals surface area (Å²) >= 11 is 0. The lowest BCUT2D eigenvalue weighted by atomic mass is 9.96. The van der Waals surface area contributed by atoms with Crippen LogP contribution >= 0.6 is 0 Å². The second-order valence-electron chi connectivity index (χ2n) is 7.96. The van der Waals surface area contributed by atoms with Gasteiger partial charge in [-0.25, -0.2) is 4.79 Å². The van der Waals surface area contributed by atoms with Gasteiger partial charge in [-0.05, 0) is 56.2 Å². The predicted octanol–water partition coefficient (Wildman–Crippen LogP) is 4.62. The van der Waals surface area contributed by atoms with E-state index in [9.17, 15) is 4.79 Å². The summed E-state index contributed by atoms with van der Waals surface area (Å²) in [6.45, 7) is 6.69. The number of nitrogens with zero attached hydrogens (tertiary/aromatic N) is 1. The summed E-state index contributed by atoms with van der Waals surface area (Å²) < 4.78 is 0. The minimum absolute atomic E-state index is 0.0259. The molecule has 2 aliphatic rings. The number of rotatable bonds is 4. The second-order valence-corrected chi connectivity index (χ2v) is 7.96. The molecule has 0 spiro atoms. The molecule has 4 nitrogen and oxygen atoms in total. The van der Waals surface area contributed by atoms with E-state index >= 15 is 0 Å². The first-order valence-corrected chi connectivity index (χ1v) is 10.0. The summed E-state index contributed by atoms with van der Waals surface area (Å²) in [6, 6.07) is 9.05. The Morgan fingerprint density at radius 3 is 2.48 bits per heavy atom. The van der Waals surface area contributed by atoms with Gasteiger partial charge in [-0.15, -0.1) is 0 Å². The molecule has 1 heterocycles. The van der Waals surface area contributed by atoms with Crippen LogP contribution in [0.2, 0.25) is 0 Å². The third kappa shape index (κ3) is 5.13. The van der Waals surface area contributed by atoms with E-state index in [-0.39, 0.29) is 12.1 Å². The Bertz CT molecular complexity index is 551. The van der Waals surface area contributed by atoms with Crippen LogP contribution in [0.4, 0.5) is 10.5 Å². The molecule has 1 aromatic rings. The molecule has 0 aromatic heterocycles. The zero-order valence-corrected chi connectivity index (χ0v) is 15.8. The summed E-state index contributed by atoms with van der Waals surface area (Å²) in [5.41, 5.74) is 2.46. The van der Waals surface area contributed by atoms with Crippen molar-refractivity contribution in [2.24, 2.45) is 5.92 Å². The molecule has 25 heavy (non-hydrogen) atoms. The minimum atomic E-state index is -0.0340. The van der Waals surface area contributed by atoms with Gasteiger partial charge in [0.25, 0.3) is 0 Å². The molecule has 0 radical (unpaired) electrons. The van der Waals surface area contributed by atoms with Crippen molar-refractivity contribution >= 4 is 11.7 Å². The van der Waals surface area contributed by atoms with Gasteiger partial charge in [0.05, 0.1) is 6.04 Å². The Kier molecular flexibility index (Phi) is 6.22. The van der Waals surface area contributed by atoms with Crippen molar-refractivity contribution in [1.82, 2.24) is 10.6 Å². The molecule has 138 valence electrons. The highest BCUT2D eigenvalue weighted by Crippen LogP contribution is 2.24. The molecule has 1 aliphatic carbocycles. The molecule has 2 N–H and O–H groups in total. The molecule has 2 fully saturated rings. The number of benzene rings is 1. The Labute approximate surface area is 152 Å². The third-order valence-corrected chi connectivity index (χ3v) is 5.70. The van der Waals surface area contributed by atoms with Crippen LogP contribution in [0.5, 0.6) is 0 Å². The number of carbonyl (C=O) groups is 1. The van der Waals surface area contributed by atoms with E-state index in [4.69, 9.17) is 0 Å². The quantitative estimate of drug-likeness (QED) is 0.838. The van der Waals surface area contributed by atoms with Crippen molar-refractivity contribution in [3.05, 3.63) is 29.8 Å². The van der Waals surface area contributed by atoms with Crippen LogP contribution in [-0.4, -0.2) is 25.2 Å². The number of urea groups is 1. The third-order valence-electron chi connectivity index (χ3n) is 5.70. The van der Waals surface area contributed by atoms with Crippen LogP contribution in [0.25, 0.3) is 0 Å². The number of carbonyl (C=O) groups excluding carboxylic acids is 1. The highest BCUT2D eigenvalue weighted by atomic mass is 16.2. The fraction of sp³-hybridized carbons (Fsp3) is 0.667. The zero-order chi connectivity index (χ0) is 17.6. The topological polar surface area (TPSA) is 44.4 Å². The number of amides is 2. The largest absolute Gasteiger partial charge is 0.371 e. The van der Waals surface area contributed by atoms with E-state index in [2.05, 4.69) is 53.6 Å². The molecule has 2 amide bonds. The van der Waals surface area contributed by atoms with E-state index < -0.39 is 0 Å². The summed E-state index contributed by atoms with van der Waals surface area (Å²) in [6.07, 6.45) is 8.62. The lowest BCUT2D eigenvalue weighted by Gasteiger charge is -2.33. The first-order valence-electron chi connectivity index (χ1n) is 10.0.